The zero-order chi connectivity index (χ0) is 19.1. The first-order chi connectivity index (χ1) is 13.7. The van der Waals surface area contributed by atoms with Crippen molar-refractivity contribution in [1.82, 2.24) is 19.9 Å². The van der Waals surface area contributed by atoms with Crippen LogP contribution in [0.4, 0.5) is 10.8 Å². The molecule has 0 aliphatic rings. The highest BCUT2D eigenvalue weighted by Crippen LogP contribution is 2.32. The molecular formula is C21H17N5S2. The quantitative estimate of drug-likeness (QED) is 0.376. The predicted molar refractivity (Wildman–Crippen MR) is 118 cm³/mol. The number of anilines is 2. The highest BCUT2D eigenvalue weighted by molar-refractivity contribution is 7.15. The van der Waals surface area contributed by atoms with Gasteiger partial charge in [0.25, 0.3) is 0 Å². The molecule has 0 saturated heterocycles. The third kappa shape index (κ3) is 3.19. The number of rotatable bonds is 4. The Morgan fingerprint density at radius 1 is 1.00 bits per heavy atom. The van der Waals surface area contributed by atoms with E-state index < -0.39 is 0 Å². The van der Waals surface area contributed by atoms with Gasteiger partial charge in [-0.2, -0.15) is 0 Å². The number of fused-ring (bicyclic) bond motifs is 1. The molecule has 0 unspecified atom stereocenters. The largest absolute Gasteiger partial charge is 0.337 e. The molecule has 5 aromatic rings. The Labute approximate surface area is 170 Å². The zero-order valence-corrected chi connectivity index (χ0v) is 17.0. The fourth-order valence-corrected chi connectivity index (χ4v) is 4.62. The molecule has 1 aromatic carbocycles. The maximum atomic E-state index is 4.78. The first-order valence-corrected chi connectivity index (χ1v) is 10.6. The number of nitrogens with zero attached hydrogens (tertiary/aromatic N) is 3. The predicted octanol–water partition coefficient (Wildman–Crippen LogP) is 6.17. The zero-order valence-electron chi connectivity index (χ0n) is 15.4. The van der Waals surface area contributed by atoms with E-state index in [1.807, 2.05) is 12.1 Å². The minimum atomic E-state index is 0.860. The maximum absolute atomic E-state index is 4.78. The molecule has 0 radical (unpaired) electrons. The van der Waals surface area contributed by atoms with E-state index in [9.17, 15) is 0 Å². The van der Waals surface area contributed by atoms with E-state index in [1.165, 1.54) is 4.88 Å². The monoisotopic (exact) mass is 403 g/mol. The van der Waals surface area contributed by atoms with E-state index in [-0.39, 0.29) is 0 Å². The normalized spacial score (nSPS) is 11.2. The number of thiazole rings is 1. The number of nitrogens with one attached hydrogen (secondary N) is 2. The number of aromatic nitrogens is 4. The molecule has 138 valence electrons. The van der Waals surface area contributed by atoms with Gasteiger partial charge >= 0.3 is 0 Å². The second kappa shape index (κ2) is 6.85. The van der Waals surface area contributed by atoms with E-state index in [0.29, 0.717) is 0 Å². The van der Waals surface area contributed by atoms with Gasteiger partial charge in [-0.15, -0.1) is 22.7 Å². The molecule has 7 heteroatoms. The number of benzene rings is 1. The number of hydrogen-bond donors (Lipinski definition) is 2. The molecule has 5 rings (SSSR count). The molecule has 4 heterocycles. The summed E-state index contributed by atoms with van der Waals surface area (Å²) in [6, 6.07) is 12.4. The molecule has 0 saturated carbocycles. The summed E-state index contributed by atoms with van der Waals surface area (Å²) < 4.78 is 0. The molecule has 0 aliphatic carbocycles. The molecule has 5 nitrogen and oxygen atoms in total. The summed E-state index contributed by atoms with van der Waals surface area (Å²) in [5.41, 5.74) is 6.16. The molecule has 28 heavy (non-hydrogen) atoms. The average molecular weight is 404 g/mol. The molecule has 0 aliphatic heterocycles. The topological polar surface area (TPSA) is 66.5 Å². The summed E-state index contributed by atoms with van der Waals surface area (Å²) in [7, 11) is 0. The first kappa shape index (κ1) is 17.1. The van der Waals surface area contributed by atoms with Gasteiger partial charge in [-0.25, -0.2) is 9.97 Å². The summed E-state index contributed by atoms with van der Waals surface area (Å²) in [5, 5.41) is 6.36. The van der Waals surface area contributed by atoms with Crippen molar-refractivity contribution in [2.24, 2.45) is 0 Å². The van der Waals surface area contributed by atoms with Crippen molar-refractivity contribution in [3.8, 4) is 22.0 Å². The van der Waals surface area contributed by atoms with Gasteiger partial charge in [0, 0.05) is 33.9 Å². The molecular weight excluding hydrogens is 386 g/mol. The Morgan fingerprint density at radius 3 is 2.64 bits per heavy atom. The maximum Gasteiger partial charge on any atom is 0.187 e. The van der Waals surface area contributed by atoms with Gasteiger partial charge in [-0.1, -0.05) is 0 Å². The fraction of sp³-hybridized carbons (Fsp3) is 0.0952. The third-order valence-corrected chi connectivity index (χ3v) is 6.29. The summed E-state index contributed by atoms with van der Waals surface area (Å²) >= 11 is 3.33. The van der Waals surface area contributed by atoms with E-state index in [4.69, 9.17) is 9.97 Å². The number of H-pyrrole nitrogens is 1. The summed E-state index contributed by atoms with van der Waals surface area (Å²) in [6.45, 7) is 4.20. The van der Waals surface area contributed by atoms with Gasteiger partial charge in [-0.3, -0.25) is 4.98 Å². The third-order valence-electron chi connectivity index (χ3n) is 4.52. The van der Waals surface area contributed by atoms with Crippen LogP contribution in [0.1, 0.15) is 10.4 Å². The van der Waals surface area contributed by atoms with Gasteiger partial charge < -0.3 is 10.3 Å². The second-order valence-electron chi connectivity index (χ2n) is 6.58. The number of thiophene rings is 1. The van der Waals surface area contributed by atoms with Gasteiger partial charge in [0.15, 0.2) is 5.13 Å². The Hall–Kier alpha value is -3.03. The Kier molecular flexibility index (Phi) is 4.18. The Bertz CT molecular complexity index is 1270. The molecule has 0 amide bonds. The number of imidazole rings is 1. The minimum Gasteiger partial charge on any atom is -0.337 e. The van der Waals surface area contributed by atoms with Crippen LogP contribution in [0.3, 0.4) is 0 Å². The van der Waals surface area contributed by atoms with Crippen molar-refractivity contribution in [3.05, 3.63) is 64.6 Å². The SMILES string of the molecule is Cc1ccc(-c2nc3cc(Nc4nc(-c5ccncc5)cs4)c(C)cc3[nH]2)s1. The standard InChI is InChI=1S/C21H17N5S2/c1-12-9-16-17(24-20(23-16)19-4-3-13(2)28-19)10-15(12)25-21-26-18(11-27-21)14-5-7-22-8-6-14/h3-11H,1-2H3,(H,23,24)(H,25,26). The summed E-state index contributed by atoms with van der Waals surface area (Å²) in [6.07, 6.45) is 3.56. The summed E-state index contributed by atoms with van der Waals surface area (Å²) in [5.74, 6) is 0.916. The number of aryl methyl sites for hydroxylation is 2. The lowest BCUT2D eigenvalue weighted by atomic mass is 10.2. The number of hydrogen-bond acceptors (Lipinski definition) is 6. The van der Waals surface area contributed by atoms with Crippen LogP contribution in [0.5, 0.6) is 0 Å². The second-order valence-corrected chi connectivity index (χ2v) is 8.72. The smallest absolute Gasteiger partial charge is 0.187 e. The van der Waals surface area contributed by atoms with Gasteiger partial charge in [-0.05, 0) is 55.8 Å². The molecule has 0 fully saturated rings. The van der Waals surface area contributed by atoms with Crippen molar-refractivity contribution >= 4 is 44.5 Å². The lowest BCUT2D eigenvalue weighted by molar-refractivity contribution is 1.31. The van der Waals surface area contributed by atoms with E-state index in [1.54, 1.807) is 35.1 Å². The van der Waals surface area contributed by atoms with Crippen LogP contribution in [0.2, 0.25) is 0 Å². The number of aromatic amines is 1. The number of pyridine rings is 1. The highest BCUT2D eigenvalue weighted by atomic mass is 32.1. The van der Waals surface area contributed by atoms with Gasteiger partial charge in [0.1, 0.15) is 5.82 Å². The molecule has 0 atom stereocenters. The van der Waals surface area contributed by atoms with Crippen molar-refractivity contribution < 1.29 is 0 Å². The van der Waals surface area contributed by atoms with Crippen LogP contribution >= 0.6 is 22.7 Å². The van der Waals surface area contributed by atoms with Crippen LogP contribution in [-0.2, 0) is 0 Å². The average Bonchev–Trinajstić information content (AvgIpc) is 3.42. The van der Waals surface area contributed by atoms with Crippen molar-refractivity contribution in [2.45, 2.75) is 13.8 Å². The molecule has 0 bridgehead atoms. The van der Waals surface area contributed by atoms with Crippen molar-refractivity contribution in [3.63, 3.8) is 0 Å². The highest BCUT2D eigenvalue weighted by Gasteiger charge is 2.11. The van der Waals surface area contributed by atoms with E-state index in [2.05, 4.69) is 58.8 Å². The lowest BCUT2D eigenvalue weighted by Gasteiger charge is -2.06. The fourth-order valence-electron chi connectivity index (χ4n) is 3.08. The molecule has 0 spiro atoms. The minimum absolute atomic E-state index is 0.860. The van der Waals surface area contributed by atoms with Crippen LogP contribution in [-0.4, -0.2) is 19.9 Å². The first-order valence-electron chi connectivity index (χ1n) is 8.86. The van der Waals surface area contributed by atoms with Crippen molar-refractivity contribution in [1.29, 1.82) is 0 Å². The lowest BCUT2D eigenvalue weighted by Crippen LogP contribution is -1.93. The molecule has 4 aromatic heterocycles. The van der Waals surface area contributed by atoms with Gasteiger partial charge in [0.2, 0.25) is 0 Å². The Morgan fingerprint density at radius 2 is 1.86 bits per heavy atom. The van der Waals surface area contributed by atoms with Crippen LogP contribution in [0, 0.1) is 13.8 Å². The summed E-state index contributed by atoms with van der Waals surface area (Å²) in [4.78, 5) is 19.4. The van der Waals surface area contributed by atoms with Gasteiger partial charge in [0.05, 0.1) is 21.6 Å². The van der Waals surface area contributed by atoms with Crippen LogP contribution in [0.25, 0.3) is 33.0 Å². The Balaban J connectivity index is 1.46. The molecule has 2 N–H and O–H groups in total. The van der Waals surface area contributed by atoms with Crippen LogP contribution in [0.15, 0.2) is 54.2 Å². The van der Waals surface area contributed by atoms with Crippen LogP contribution < -0.4 is 5.32 Å². The van der Waals surface area contributed by atoms with Crippen molar-refractivity contribution in [2.75, 3.05) is 5.32 Å². The van der Waals surface area contributed by atoms with E-state index >= 15 is 0 Å². The van der Waals surface area contributed by atoms with E-state index in [0.717, 1.165) is 49.4 Å².